The molecule has 2 aromatic rings. The summed E-state index contributed by atoms with van der Waals surface area (Å²) in [4.78, 5) is 21.3. The third-order valence-electron chi connectivity index (χ3n) is 4.42. The first kappa shape index (κ1) is 23.0. The van der Waals surface area contributed by atoms with E-state index in [-0.39, 0.29) is 29.9 Å². The fourth-order valence-electron chi connectivity index (χ4n) is 2.98. The summed E-state index contributed by atoms with van der Waals surface area (Å²) in [5.74, 6) is 1.91. The molecule has 3 rings (SSSR count). The number of guanidine groups is 1. The minimum atomic E-state index is 0. The molecule has 2 heterocycles. The fraction of sp³-hybridized carbons (Fsp3) is 0.400. The Labute approximate surface area is 192 Å². The van der Waals surface area contributed by atoms with Gasteiger partial charge >= 0.3 is 0 Å². The van der Waals surface area contributed by atoms with Gasteiger partial charge in [-0.25, -0.2) is 0 Å². The summed E-state index contributed by atoms with van der Waals surface area (Å²) in [6.07, 6.45) is 1.47. The Morgan fingerprint density at radius 3 is 2.79 bits per heavy atom. The molecule has 1 aliphatic heterocycles. The van der Waals surface area contributed by atoms with E-state index in [1.807, 2.05) is 22.7 Å². The van der Waals surface area contributed by atoms with Crippen molar-refractivity contribution in [2.45, 2.75) is 24.3 Å². The van der Waals surface area contributed by atoms with Crippen LogP contribution in [0, 0.1) is 0 Å². The van der Waals surface area contributed by atoms with Crippen molar-refractivity contribution in [1.82, 2.24) is 15.5 Å². The number of hydrogen-bond acceptors (Lipinski definition) is 4. The molecule has 0 atom stereocenters. The van der Waals surface area contributed by atoms with Gasteiger partial charge in [-0.05, 0) is 35.6 Å². The number of halogens is 1. The maximum absolute atomic E-state index is 12.4. The van der Waals surface area contributed by atoms with Crippen LogP contribution in [-0.2, 0) is 17.8 Å². The zero-order valence-electron chi connectivity index (χ0n) is 16.0. The largest absolute Gasteiger partial charge is 0.356 e. The topological polar surface area (TPSA) is 56.7 Å². The quantitative estimate of drug-likeness (QED) is 0.189. The molecule has 0 saturated carbocycles. The number of carbonyl (C=O) groups is 1. The maximum atomic E-state index is 12.4. The van der Waals surface area contributed by atoms with Crippen molar-refractivity contribution in [3.05, 3.63) is 52.2 Å². The molecule has 2 N–H and O–H groups in total. The highest BCUT2D eigenvalue weighted by Crippen LogP contribution is 2.24. The van der Waals surface area contributed by atoms with Crippen LogP contribution in [0.15, 0.2) is 51.7 Å². The number of fused-ring (bicyclic) bond motifs is 1. The molecule has 5 nitrogen and oxygen atoms in total. The Balaban J connectivity index is 0.00000280. The van der Waals surface area contributed by atoms with Gasteiger partial charge in [0, 0.05) is 55.2 Å². The second-order valence-electron chi connectivity index (χ2n) is 6.27. The molecule has 152 valence electrons. The maximum Gasteiger partial charge on any atom is 0.224 e. The van der Waals surface area contributed by atoms with Crippen molar-refractivity contribution in [3.8, 4) is 0 Å². The summed E-state index contributed by atoms with van der Waals surface area (Å²) < 4.78 is 0. The van der Waals surface area contributed by atoms with Gasteiger partial charge in [0.05, 0.1) is 0 Å². The predicted octanol–water partition coefficient (Wildman–Crippen LogP) is 3.60. The highest BCUT2D eigenvalue weighted by molar-refractivity contribution is 14.0. The second-order valence-corrected chi connectivity index (χ2v) is 8.44. The van der Waals surface area contributed by atoms with E-state index in [4.69, 9.17) is 0 Å². The Hall–Kier alpha value is -1.26. The summed E-state index contributed by atoms with van der Waals surface area (Å²) in [7, 11) is 1.75. The van der Waals surface area contributed by atoms with Crippen LogP contribution in [-0.4, -0.2) is 49.2 Å². The molecule has 8 heteroatoms. The van der Waals surface area contributed by atoms with Crippen molar-refractivity contribution in [2.24, 2.45) is 4.99 Å². The van der Waals surface area contributed by atoms with Crippen LogP contribution in [0.2, 0.25) is 0 Å². The highest BCUT2D eigenvalue weighted by atomic mass is 127. The number of carbonyl (C=O) groups excluding carboxylic acids is 1. The molecule has 0 radical (unpaired) electrons. The van der Waals surface area contributed by atoms with Gasteiger partial charge in [-0.15, -0.1) is 47.1 Å². The summed E-state index contributed by atoms with van der Waals surface area (Å²) in [5, 5.41) is 8.65. The van der Waals surface area contributed by atoms with Crippen LogP contribution in [0.3, 0.4) is 0 Å². The number of nitrogens with zero attached hydrogens (tertiary/aromatic N) is 2. The fourth-order valence-corrected chi connectivity index (χ4v) is 4.66. The standard InChI is InChI=1S/C20H26N4OS2.HI/c1-21-20(23-11-14-26-17-5-3-2-4-6-17)22-10-7-19(25)24-12-8-18-16(15-24)9-13-27-18;/h2-6,9,13H,7-8,10-12,14-15H2,1H3,(H2,21,22,23);1H. The first-order chi connectivity index (χ1) is 13.3. The number of rotatable bonds is 7. The average molecular weight is 531 g/mol. The Morgan fingerprint density at radius 2 is 2.00 bits per heavy atom. The lowest BCUT2D eigenvalue weighted by atomic mass is 10.1. The van der Waals surface area contributed by atoms with Crippen LogP contribution in [0.25, 0.3) is 0 Å². The smallest absolute Gasteiger partial charge is 0.224 e. The van der Waals surface area contributed by atoms with Crippen LogP contribution >= 0.6 is 47.1 Å². The SMILES string of the molecule is CN=C(NCCSc1ccccc1)NCCC(=O)N1CCc2sccc2C1.I. The molecule has 1 aromatic heterocycles. The zero-order chi connectivity index (χ0) is 18.9. The van der Waals surface area contributed by atoms with Crippen molar-refractivity contribution >= 4 is 58.9 Å². The highest BCUT2D eigenvalue weighted by Gasteiger charge is 2.20. The van der Waals surface area contributed by atoms with Crippen molar-refractivity contribution in [2.75, 3.05) is 32.4 Å². The molecular formula is C20H27IN4OS2. The van der Waals surface area contributed by atoms with E-state index in [1.54, 1.807) is 18.4 Å². The van der Waals surface area contributed by atoms with Crippen molar-refractivity contribution in [3.63, 3.8) is 0 Å². The number of hydrogen-bond donors (Lipinski definition) is 2. The molecule has 0 fully saturated rings. The minimum absolute atomic E-state index is 0. The third-order valence-corrected chi connectivity index (χ3v) is 6.46. The Morgan fingerprint density at radius 1 is 1.21 bits per heavy atom. The molecule has 0 saturated heterocycles. The average Bonchev–Trinajstić information content (AvgIpc) is 3.18. The van der Waals surface area contributed by atoms with Gasteiger partial charge in [-0.3, -0.25) is 9.79 Å². The van der Waals surface area contributed by atoms with E-state index < -0.39 is 0 Å². The van der Waals surface area contributed by atoms with Crippen LogP contribution < -0.4 is 10.6 Å². The lowest BCUT2D eigenvalue weighted by molar-refractivity contribution is -0.131. The van der Waals surface area contributed by atoms with Gasteiger partial charge in [0.2, 0.25) is 5.91 Å². The molecule has 0 spiro atoms. The Bertz CT molecular complexity index is 767. The number of amides is 1. The van der Waals surface area contributed by atoms with Crippen molar-refractivity contribution in [1.29, 1.82) is 0 Å². The summed E-state index contributed by atoms with van der Waals surface area (Å²) in [6, 6.07) is 12.5. The first-order valence-electron chi connectivity index (χ1n) is 9.21. The van der Waals surface area contributed by atoms with Gasteiger partial charge in [0.15, 0.2) is 5.96 Å². The van der Waals surface area contributed by atoms with E-state index in [2.05, 4.69) is 51.3 Å². The van der Waals surface area contributed by atoms with Gasteiger partial charge < -0.3 is 15.5 Å². The van der Waals surface area contributed by atoms with Crippen LogP contribution in [0.5, 0.6) is 0 Å². The lowest BCUT2D eigenvalue weighted by Crippen LogP contribution is -2.41. The normalized spacial score (nSPS) is 13.5. The minimum Gasteiger partial charge on any atom is -0.356 e. The number of aliphatic imine (C=N–C) groups is 1. The van der Waals surface area contributed by atoms with Crippen LogP contribution in [0.1, 0.15) is 16.9 Å². The number of thioether (sulfide) groups is 1. The molecule has 0 aliphatic carbocycles. The summed E-state index contributed by atoms with van der Waals surface area (Å²) in [6.45, 7) is 2.99. The third kappa shape index (κ3) is 6.97. The molecular weight excluding hydrogens is 503 g/mol. The van der Waals surface area contributed by atoms with E-state index in [0.717, 1.165) is 37.8 Å². The number of nitrogens with one attached hydrogen (secondary N) is 2. The molecule has 1 aromatic carbocycles. The monoisotopic (exact) mass is 530 g/mol. The van der Waals surface area contributed by atoms with E-state index >= 15 is 0 Å². The van der Waals surface area contributed by atoms with Gasteiger partial charge in [-0.2, -0.15) is 0 Å². The molecule has 28 heavy (non-hydrogen) atoms. The Kier molecular flexibility index (Phi) is 10.1. The molecule has 1 aliphatic rings. The summed E-state index contributed by atoms with van der Waals surface area (Å²) in [5.41, 5.74) is 1.31. The van der Waals surface area contributed by atoms with E-state index in [1.165, 1.54) is 15.3 Å². The van der Waals surface area contributed by atoms with Gasteiger partial charge in [0.1, 0.15) is 0 Å². The number of thiophene rings is 1. The lowest BCUT2D eigenvalue weighted by Gasteiger charge is -2.27. The van der Waals surface area contributed by atoms with Gasteiger partial charge in [-0.1, -0.05) is 18.2 Å². The predicted molar refractivity (Wildman–Crippen MR) is 130 cm³/mol. The van der Waals surface area contributed by atoms with Crippen LogP contribution in [0.4, 0.5) is 0 Å². The molecule has 0 unspecified atom stereocenters. The summed E-state index contributed by atoms with van der Waals surface area (Å²) >= 11 is 3.61. The zero-order valence-corrected chi connectivity index (χ0v) is 20.0. The number of benzene rings is 1. The van der Waals surface area contributed by atoms with E-state index in [9.17, 15) is 4.79 Å². The molecule has 0 bridgehead atoms. The van der Waals surface area contributed by atoms with Crippen molar-refractivity contribution < 1.29 is 4.79 Å². The first-order valence-corrected chi connectivity index (χ1v) is 11.1. The molecule has 1 amide bonds. The van der Waals surface area contributed by atoms with E-state index in [0.29, 0.717) is 13.0 Å². The van der Waals surface area contributed by atoms with Gasteiger partial charge in [0.25, 0.3) is 0 Å². The second kappa shape index (κ2) is 12.3.